The first-order valence-corrected chi connectivity index (χ1v) is 14.8. The third-order valence-corrected chi connectivity index (χ3v) is 7.00. The Morgan fingerprint density at radius 1 is 0.750 bits per heavy atom. The molecule has 8 heteroatoms. The van der Waals surface area contributed by atoms with E-state index in [0.717, 1.165) is 25.7 Å². The molecule has 0 spiro atoms. The Hall–Kier alpha value is -3.35. The van der Waals surface area contributed by atoms with Crippen LogP contribution < -0.4 is 0 Å². The zero-order chi connectivity index (χ0) is 28.8. The number of unbranched alkanes of at least 4 members (excludes halogenated alkanes) is 11. The van der Waals surface area contributed by atoms with Crippen LogP contribution in [0.15, 0.2) is 65.8 Å². The number of hydrogen-bond donors (Lipinski definition) is 1. The minimum atomic E-state index is -1.14. The van der Waals surface area contributed by atoms with Crippen molar-refractivity contribution in [1.29, 1.82) is 0 Å². The van der Waals surface area contributed by atoms with Crippen molar-refractivity contribution in [3.63, 3.8) is 0 Å². The molecule has 0 aromatic heterocycles. The number of rotatable bonds is 21. The third kappa shape index (κ3) is 12.7. The van der Waals surface area contributed by atoms with Crippen molar-refractivity contribution in [3.05, 3.63) is 82.2 Å². The van der Waals surface area contributed by atoms with Gasteiger partial charge in [-0.1, -0.05) is 119 Å². The molecule has 2 aromatic rings. The van der Waals surface area contributed by atoms with Crippen LogP contribution in [-0.2, 0) is 9.47 Å². The lowest BCUT2D eigenvalue weighted by Gasteiger charge is -2.30. The maximum Gasteiger partial charge on any atom is 0.338 e. The van der Waals surface area contributed by atoms with Crippen LogP contribution in [0.4, 0.5) is 0 Å². The number of azide groups is 1. The smallest absolute Gasteiger partial charge is 0.338 e. The normalized spacial score (nSPS) is 13.1. The van der Waals surface area contributed by atoms with E-state index in [4.69, 9.17) is 15.0 Å². The standard InChI is InChI=1S/C32H45N3O5/c1-2-3-4-5-6-7-8-9-10-11-12-19-24-29(39-31(37)26-20-15-13-16-21-26)30(28(25-36)34-35-33)40-32(38)27-22-17-14-18-23-27/h13-18,20-23,28-30,36H,2-12,19,24-25H2,1H3/t28-,29+,30-/m0/s1. The zero-order valence-corrected chi connectivity index (χ0v) is 23.8. The van der Waals surface area contributed by atoms with Gasteiger partial charge in [-0.2, -0.15) is 0 Å². The fourth-order valence-corrected chi connectivity index (χ4v) is 4.70. The molecule has 2 rings (SSSR count). The average Bonchev–Trinajstić information content (AvgIpc) is 2.99. The highest BCUT2D eigenvalue weighted by atomic mass is 16.6. The predicted molar refractivity (Wildman–Crippen MR) is 157 cm³/mol. The molecule has 0 heterocycles. The Kier molecular flexibility index (Phi) is 16.9. The molecule has 0 amide bonds. The van der Waals surface area contributed by atoms with Gasteiger partial charge in [-0.05, 0) is 42.6 Å². The third-order valence-electron chi connectivity index (χ3n) is 7.00. The topological polar surface area (TPSA) is 122 Å². The highest BCUT2D eigenvalue weighted by Crippen LogP contribution is 2.22. The molecular weight excluding hydrogens is 506 g/mol. The number of esters is 2. The number of carbonyl (C=O) groups is 2. The van der Waals surface area contributed by atoms with E-state index < -0.39 is 36.8 Å². The summed E-state index contributed by atoms with van der Waals surface area (Å²) < 4.78 is 11.6. The summed E-state index contributed by atoms with van der Waals surface area (Å²) in [6, 6.07) is 15.9. The Morgan fingerprint density at radius 3 is 1.65 bits per heavy atom. The highest BCUT2D eigenvalue weighted by molar-refractivity contribution is 5.90. The van der Waals surface area contributed by atoms with Gasteiger partial charge in [-0.15, -0.1) is 0 Å². The van der Waals surface area contributed by atoms with Gasteiger partial charge in [0.1, 0.15) is 18.2 Å². The average molecular weight is 552 g/mol. The van der Waals surface area contributed by atoms with E-state index >= 15 is 0 Å². The lowest BCUT2D eigenvalue weighted by atomic mass is 9.99. The van der Waals surface area contributed by atoms with Gasteiger partial charge in [-0.3, -0.25) is 0 Å². The Morgan fingerprint density at radius 2 is 1.20 bits per heavy atom. The van der Waals surface area contributed by atoms with Gasteiger partial charge in [0.25, 0.3) is 0 Å². The maximum absolute atomic E-state index is 13.0. The molecule has 0 unspecified atom stereocenters. The van der Waals surface area contributed by atoms with Crippen molar-refractivity contribution in [3.8, 4) is 0 Å². The molecular formula is C32H45N3O5. The number of ether oxygens (including phenoxy) is 2. The second kappa shape index (κ2) is 20.5. The van der Waals surface area contributed by atoms with Crippen LogP contribution >= 0.6 is 0 Å². The van der Waals surface area contributed by atoms with E-state index in [9.17, 15) is 14.7 Å². The fourth-order valence-electron chi connectivity index (χ4n) is 4.70. The van der Waals surface area contributed by atoms with E-state index in [0.29, 0.717) is 17.5 Å². The summed E-state index contributed by atoms with van der Waals surface area (Å²) in [6.07, 6.45) is 12.6. The predicted octanol–water partition coefficient (Wildman–Crippen LogP) is 8.20. The molecule has 218 valence electrons. The zero-order valence-electron chi connectivity index (χ0n) is 23.8. The van der Waals surface area contributed by atoms with Gasteiger partial charge >= 0.3 is 11.9 Å². The molecule has 0 aliphatic heterocycles. The Balaban J connectivity index is 2.02. The van der Waals surface area contributed by atoms with Crippen LogP contribution in [0.1, 0.15) is 111 Å². The number of nitrogens with zero attached hydrogens (tertiary/aromatic N) is 3. The van der Waals surface area contributed by atoms with Crippen molar-refractivity contribution >= 4 is 11.9 Å². The maximum atomic E-state index is 13.0. The summed E-state index contributed by atoms with van der Waals surface area (Å²) in [7, 11) is 0. The first-order valence-electron chi connectivity index (χ1n) is 14.8. The van der Waals surface area contributed by atoms with Crippen LogP contribution in [0.3, 0.4) is 0 Å². The van der Waals surface area contributed by atoms with E-state index in [1.807, 2.05) is 0 Å². The molecule has 0 aliphatic rings. The SMILES string of the molecule is CCCCCCCCCCCCCC[C@@H](OC(=O)c1ccccc1)[C@@H](OC(=O)c1ccccc1)[C@H](CO)N=[N+]=[N-]. The van der Waals surface area contributed by atoms with Crippen LogP contribution in [0.25, 0.3) is 10.4 Å². The van der Waals surface area contributed by atoms with E-state index in [1.54, 1.807) is 60.7 Å². The van der Waals surface area contributed by atoms with Gasteiger partial charge < -0.3 is 14.6 Å². The van der Waals surface area contributed by atoms with Crippen molar-refractivity contribution in [2.45, 2.75) is 109 Å². The Bertz CT molecular complexity index is 1010. The number of hydrogen-bond acceptors (Lipinski definition) is 6. The molecule has 0 saturated heterocycles. The van der Waals surface area contributed by atoms with Gasteiger partial charge in [0.05, 0.1) is 17.7 Å². The number of carbonyl (C=O) groups excluding carboxylic acids is 2. The summed E-state index contributed by atoms with van der Waals surface area (Å²) in [5, 5.41) is 13.6. The van der Waals surface area contributed by atoms with Gasteiger partial charge in [0, 0.05) is 4.91 Å². The molecule has 0 aliphatic carbocycles. The number of aliphatic hydroxyl groups is 1. The number of benzene rings is 2. The first kappa shape index (κ1) is 32.9. The summed E-state index contributed by atoms with van der Waals surface area (Å²) in [5.41, 5.74) is 9.77. The van der Waals surface area contributed by atoms with Gasteiger partial charge in [-0.25, -0.2) is 9.59 Å². The van der Waals surface area contributed by atoms with Crippen LogP contribution in [-0.4, -0.2) is 41.9 Å². The monoisotopic (exact) mass is 551 g/mol. The van der Waals surface area contributed by atoms with Crippen LogP contribution in [0.5, 0.6) is 0 Å². The van der Waals surface area contributed by atoms with Crippen LogP contribution in [0.2, 0.25) is 0 Å². The van der Waals surface area contributed by atoms with Crippen molar-refractivity contribution in [2.75, 3.05) is 6.61 Å². The molecule has 0 fully saturated rings. The summed E-state index contributed by atoms with van der Waals surface area (Å²) in [4.78, 5) is 28.7. The second-order valence-electron chi connectivity index (χ2n) is 10.2. The van der Waals surface area contributed by atoms with Crippen molar-refractivity contribution < 1.29 is 24.2 Å². The summed E-state index contributed by atoms with van der Waals surface area (Å²) >= 11 is 0. The minimum absolute atomic E-state index is 0.309. The molecule has 40 heavy (non-hydrogen) atoms. The van der Waals surface area contributed by atoms with Gasteiger partial charge in [0.2, 0.25) is 0 Å². The van der Waals surface area contributed by atoms with E-state index in [2.05, 4.69) is 16.9 Å². The quantitative estimate of drug-likeness (QED) is 0.0551. The van der Waals surface area contributed by atoms with Crippen LogP contribution in [0, 0.1) is 0 Å². The number of aliphatic hydroxyl groups excluding tert-OH is 1. The fraction of sp³-hybridized carbons (Fsp3) is 0.562. The lowest BCUT2D eigenvalue weighted by Crippen LogP contribution is -2.44. The molecule has 3 atom stereocenters. The van der Waals surface area contributed by atoms with E-state index in [-0.39, 0.29) is 0 Å². The molecule has 0 bridgehead atoms. The van der Waals surface area contributed by atoms with Gasteiger partial charge in [0.15, 0.2) is 0 Å². The minimum Gasteiger partial charge on any atom is -0.455 e. The molecule has 1 N–H and O–H groups in total. The highest BCUT2D eigenvalue weighted by Gasteiger charge is 2.35. The van der Waals surface area contributed by atoms with E-state index in [1.165, 1.54) is 51.4 Å². The molecule has 0 saturated carbocycles. The molecule has 2 aromatic carbocycles. The van der Waals surface area contributed by atoms with Crippen molar-refractivity contribution in [1.82, 2.24) is 0 Å². The molecule has 8 nitrogen and oxygen atoms in total. The summed E-state index contributed by atoms with van der Waals surface area (Å²) in [5.74, 6) is -1.21. The Labute approximate surface area is 238 Å². The second-order valence-corrected chi connectivity index (χ2v) is 10.2. The first-order chi connectivity index (χ1) is 19.6. The largest absolute Gasteiger partial charge is 0.455 e. The molecule has 0 radical (unpaired) electrons. The lowest BCUT2D eigenvalue weighted by molar-refractivity contribution is -0.0524. The summed E-state index contributed by atoms with van der Waals surface area (Å²) in [6.45, 7) is 1.67. The van der Waals surface area contributed by atoms with Crippen molar-refractivity contribution in [2.24, 2.45) is 5.11 Å².